The van der Waals surface area contributed by atoms with Crippen LogP contribution in [-0.4, -0.2) is 6.54 Å². The predicted octanol–water partition coefficient (Wildman–Crippen LogP) is 3.22. The van der Waals surface area contributed by atoms with E-state index in [0.29, 0.717) is 0 Å². The molecule has 15 heavy (non-hydrogen) atoms. The van der Waals surface area contributed by atoms with Crippen LogP contribution < -0.4 is 5.73 Å². The third-order valence-electron chi connectivity index (χ3n) is 2.44. The number of aryl methyl sites for hydroxylation is 1. The SMILES string of the molecule is Cc1cccc(-c2sccc2CCN)c1. The molecule has 0 fully saturated rings. The van der Waals surface area contributed by atoms with E-state index in [1.165, 1.54) is 21.6 Å². The van der Waals surface area contributed by atoms with Crippen LogP contribution in [0.25, 0.3) is 10.4 Å². The van der Waals surface area contributed by atoms with Crippen molar-refractivity contribution in [2.45, 2.75) is 13.3 Å². The molecule has 0 saturated heterocycles. The largest absolute Gasteiger partial charge is 0.330 e. The minimum Gasteiger partial charge on any atom is -0.330 e. The van der Waals surface area contributed by atoms with E-state index in [4.69, 9.17) is 5.73 Å². The monoisotopic (exact) mass is 217 g/mol. The summed E-state index contributed by atoms with van der Waals surface area (Å²) >= 11 is 1.80. The molecule has 2 aromatic rings. The molecule has 0 saturated carbocycles. The van der Waals surface area contributed by atoms with Crippen molar-refractivity contribution in [2.75, 3.05) is 6.54 Å². The summed E-state index contributed by atoms with van der Waals surface area (Å²) in [5.41, 5.74) is 9.59. The van der Waals surface area contributed by atoms with Crippen LogP contribution in [-0.2, 0) is 6.42 Å². The Morgan fingerprint density at radius 2 is 2.13 bits per heavy atom. The zero-order chi connectivity index (χ0) is 10.7. The van der Waals surface area contributed by atoms with Crippen molar-refractivity contribution in [3.63, 3.8) is 0 Å². The van der Waals surface area contributed by atoms with Crippen molar-refractivity contribution in [3.8, 4) is 10.4 Å². The normalized spacial score (nSPS) is 10.5. The molecule has 0 spiro atoms. The Morgan fingerprint density at radius 3 is 2.87 bits per heavy atom. The van der Waals surface area contributed by atoms with Crippen molar-refractivity contribution >= 4 is 11.3 Å². The summed E-state index contributed by atoms with van der Waals surface area (Å²) < 4.78 is 0. The van der Waals surface area contributed by atoms with E-state index >= 15 is 0 Å². The first kappa shape index (κ1) is 10.4. The van der Waals surface area contributed by atoms with Crippen LogP contribution in [0.5, 0.6) is 0 Å². The van der Waals surface area contributed by atoms with Gasteiger partial charge < -0.3 is 5.73 Å². The second-order valence-electron chi connectivity index (χ2n) is 3.68. The Hall–Kier alpha value is -1.12. The van der Waals surface area contributed by atoms with E-state index in [1.807, 2.05) is 0 Å². The summed E-state index contributed by atoms with van der Waals surface area (Å²) in [5.74, 6) is 0. The molecule has 0 bridgehead atoms. The van der Waals surface area contributed by atoms with E-state index in [9.17, 15) is 0 Å². The number of hydrogen-bond donors (Lipinski definition) is 1. The second kappa shape index (κ2) is 4.60. The van der Waals surface area contributed by atoms with Crippen LogP contribution >= 0.6 is 11.3 Å². The quantitative estimate of drug-likeness (QED) is 0.839. The highest BCUT2D eigenvalue weighted by Gasteiger charge is 2.05. The molecule has 2 heteroatoms. The average Bonchev–Trinajstić information content (AvgIpc) is 2.66. The topological polar surface area (TPSA) is 26.0 Å². The van der Waals surface area contributed by atoms with Gasteiger partial charge in [0.2, 0.25) is 0 Å². The molecule has 2 rings (SSSR count). The molecule has 1 aromatic carbocycles. The third kappa shape index (κ3) is 2.28. The molecule has 1 nitrogen and oxygen atoms in total. The standard InChI is InChI=1S/C13H15NS/c1-10-3-2-4-12(9-10)13-11(5-7-14)6-8-15-13/h2-4,6,8-9H,5,7,14H2,1H3. The number of thiophene rings is 1. The van der Waals surface area contributed by atoms with Crippen LogP contribution in [0.4, 0.5) is 0 Å². The highest BCUT2D eigenvalue weighted by atomic mass is 32.1. The molecule has 0 radical (unpaired) electrons. The van der Waals surface area contributed by atoms with Crippen LogP contribution in [0.15, 0.2) is 35.7 Å². The van der Waals surface area contributed by atoms with Crippen LogP contribution in [0.3, 0.4) is 0 Å². The third-order valence-corrected chi connectivity index (χ3v) is 3.45. The fourth-order valence-corrected chi connectivity index (χ4v) is 2.68. The number of rotatable bonds is 3. The number of benzene rings is 1. The molecule has 1 aromatic heterocycles. The minimum atomic E-state index is 0.718. The Balaban J connectivity index is 2.40. The molecule has 0 amide bonds. The van der Waals surface area contributed by atoms with Gasteiger partial charge in [0.1, 0.15) is 0 Å². The van der Waals surface area contributed by atoms with Crippen molar-refractivity contribution < 1.29 is 0 Å². The molecule has 78 valence electrons. The molecule has 0 atom stereocenters. The first-order chi connectivity index (χ1) is 7.31. The molecular formula is C13H15NS. The second-order valence-corrected chi connectivity index (χ2v) is 4.60. The fourth-order valence-electron chi connectivity index (χ4n) is 1.73. The molecule has 0 aliphatic carbocycles. The minimum absolute atomic E-state index is 0.718. The van der Waals surface area contributed by atoms with Gasteiger partial charge in [-0.25, -0.2) is 0 Å². The van der Waals surface area contributed by atoms with E-state index in [0.717, 1.165) is 13.0 Å². The maximum atomic E-state index is 5.60. The lowest BCUT2D eigenvalue weighted by Gasteiger charge is -2.03. The Bertz CT molecular complexity index is 445. The van der Waals surface area contributed by atoms with Crippen molar-refractivity contribution in [1.82, 2.24) is 0 Å². The lowest BCUT2D eigenvalue weighted by molar-refractivity contribution is 0.976. The van der Waals surface area contributed by atoms with Gasteiger partial charge in [0.25, 0.3) is 0 Å². The first-order valence-corrected chi connectivity index (χ1v) is 6.02. The number of nitrogens with two attached hydrogens (primary N) is 1. The summed E-state index contributed by atoms with van der Waals surface area (Å²) in [6.45, 7) is 2.84. The van der Waals surface area contributed by atoms with Gasteiger partial charge in [0.15, 0.2) is 0 Å². The molecule has 1 heterocycles. The summed E-state index contributed by atoms with van der Waals surface area (Å²) in [4.78, 5) is 1.36. The Labute approximate surface area is 94.6 Å². The molecule has 0 aliphatic heterocycles. The van der Waals surface area contributed by atoms with Gasteiger partial charge in [0.05, 0.1) is 0 Å². The van der Waals surface area contributed by atoms with Gasteiger partial charge in [-0.05, 0) is 42.5 Å². The first-order valence-electron chi connectivity index (χ1n) is 5.15. The van der Waals surface area contributed by atoms with Gasteiger partial charge in [-0.2, -0.15) is 0 Å². The highest BCUT2D eigenvalue weighted by molar-refractivity contribution is 7.13. The maximum absolute atomic E-state index is 5.60. The van der Waals surface area contributed by atoms with Gasteiger partial charge >= 0.3 is 0 Å². The zero-order valence-electron chi connectivity index (χ0n) is 8.86. The molecule has 2 N–H and O–H groups in total. The Kier molecular flexibility index (Phi) is 3.19. The predicted molar refractivity (Wildman–Crippen MR) is 67.3 cm³/mol. The van der Waals surface area contributed by atoms with Crippen molar-refractivity contribution in [2.24, 2.45) is 5.73 Å². The van der Waals surface area contributed by atoms with Gasteiger partial charge in [-0.1, -0.05) is 29.8 Å². The van der Waals surface area contributed by atoms with E-state index in [1.54, 1.807) is 11.3 Å². The van der Waals surface area contributed by atoms with Crippen molar-refractivity contribution in [1.29, 1.82) is 0 Å². The molecule has 0 unspecified atom stereocenters. The van der Waals surface area contributed by atoms with Crippen LogP contribution in [0.1, 0.15) is 11.1 Å². The Morgan fingerprint density at radius 1 is 1.27 bits per heavy atom. The fraction of sp³-hybridized carbons (Fsp3) is 0.231. The van der Waals surface area contributed by atoms with Gasteiger partial charge in [-0.15, -0.1) is 11.3 Å². The maximum Gasteiger partial charge on any atom is 0.0375 e. The lowest BCUT2D eigenvalue weighted by atomic mass is 10.1. The summed E-state index contributed by atoms with van der Waals surface area (Å²) in [5, 5.41) is 2.14. The highest BCUT2D eigenvalue weighted by Crippen LogP contribution is 2.30. The lowest BCUT2D eigenvalue weighted by Crippen LogP contribution is -2.02. The molecular weight excluding hydrogens is 202 g/mol. The number of hydrogen-bond acceptors (Lipinski definition) is 2. The summed E-state index contributed by atoms with van der Waals surface area (Å²) in [7, 11) is 0. The average molecular weight is 217 g/mol. The van der Waals surface area contributed by atoms with Gasteiger partial charge in [-0.3, -0.25) is 0 Å². The smallest absolute Gasteiger partial charge is 0.0375 e. The van der Waals surface area contributed by atoms with Gasteiger partial charge in [0, 0.05) is 4.88 Å². The van der Waals surface area contributed by atoms with Crippen LogP contribution in [0, 0.1) is 6.92 Å². The van der Waals surface area contributed by atoms with E-state index in [2.05, 4.69) is 42.6 Å². The summed E-state index contributed by atoms with van der Waals surface area (Å²) in [6.07, 6.45) is 0.965. The molecule has 0 aliphatic rings. The van der Waals surface area contributed by atoms with E-state index < -0.39 is 0 Å². The van der Waals surface area contributed by atoms with Crippen LogP contribution in [0.2, 0.25) is 0 Å². The van der Waals surface area contributed by atoms with Crippen molar-refractivity contribution in [3.05, 3.63) is 46.8 Å². The zero-order valence-corrected chi connectivity index (χ0v) is 9.68. The summed E-state index contributed by atoms with van der Waals surface area (Å²) in [6, 6.07) is 10.8. The van der Waals surface area contributed by atoms with E-state index in [-0.39, 0.29) is 0 Å².